The first-order chi connectivity index (χ1) is 9.86. The van der Waals surface area contributed by atoms with Crippen LogP contribution in [0.2, 0.25) is 0 Å². The standard InChI is InChI=1S/C14H20BrFN2O2S/c1-2-3-10-4-6-18(7-5-10)21(19,20)13-9-11(17)8-12(15)14(13)16/h8-10H,2-7,17H2,1H3. The van der Waals surface area contributed by atoms with Crippen LogP contribution in [0.4, 0.5) is 10.1 Å². The average Bonchev–Trinajstić information content (AvgIpc) is 2.43. The lowest BCUT2D eigenvalue weighted by molar-refractivity contribution is 0.262. The van der Waals surface area contributed by atoms with Crippen LogP contribution in [-0.2, 0) is 10.0 Å². The first kappa shape index (κ1) is 16.7. The molecule has 118 valence electrons. The van der Waals surface area contributed by atoms with Gasteiger partial charge in [0.1, 0.15) is 4.90 Å². The number of sulfonamides is 1. The molecule has 21 heavy (non-hydrogen) atoms. The minimum atomic E-state index is -3.83. The van der Waals surface area contributed by atoms with Gasteiger partial charge in [-0.15, -0.1) is 0 Å². The fraction of sp³-hybridized carbons (Fsp3) is 0.571. The predicted octanol–water partition coefficient (Wildman–Crippen LogP) is 3.37. The Hall–Kier alpha value is -0.660. The summed E-state index contributed by atoms with van der Waals surface area (Å²) >= 11 is 3.01. The molecule has 1 fully saturated rings. The lowest BCUT2D eigenvalue weighted by atomic mass is 9.94. The maximum absolute atomic E-state index is 14.1. The van der Waals surface area contributed by atoms with Gasteiger partial charge in [-0.2, -0.15) is 4.31 Å². The van der Waals surface area contributed by atoms with Crippen LogP contribution in [0.5, 0.6) is 0 Å². The molecule has 1 aliphatic heterocycles. The molecule has 1 aromatic rings. The highest BCUT2D eigenvalue weighted by Crippen LogP contribution is 2.31. The summed E-state index contributed by atoms with van der Waals surface area (Å²) in [6.45, 7) is 3.01. The van der Waals surface area contributed by atoms with Gasteiger partial charge in [-0.05, 0) is 46.8 Å². The van der Waals surface area contributed by atoms with Gasteiger partial charge in [0.15, 0.2) is 5.82 Å². The maximum Gasteiger partial charge on any atom is 0.246 e. The number of nitrogens with two attached hydrogens (primary N) is 1. The van der Waals surface area contributed by atoms with Crippen molar-refractivity contribution in [2.24, 2.45) is 5.92 Å². The third-order valence-corrected chi connectivity index (χ3v) is 6.38. The lowest BCUT2D eigenvalue weighted by Gasteiger charge is -2.31. The summed E-state index contributed by atoms with van der Waals surface area (Å²) < 4.78 is 40.7. The smallest absolute Gasteiger partial charge is 0.246 e. The van der Waals surface area contributed by atoms with Gasteiger partial charge in [0.2, 0.25) is 10.0 Å². The molecule has 4 nitrogen and oxygen atoms in total. The van der Waals surface area contributed by atoms with Gasteiger partial charge in [-0.1, -0.05) is 19.8 Å². The summed E-state index contributed by atoms with van der Waals surface area (Å²) in [6, 6.07) is 2.55. The molecule has 2 rings (SSSR count). The average molecular weight is 379 g/mol. The third kappa shape index (κ3) is 3.57. The van der Waals surface area contributed by atoms with Crippen LogP contribution in [0.1, 0.15) is 32.6 Å². The minimum absolute atomic E-state index is 0.0712. The zero-order valence-electron chi connectivity index (χ0n) is 12.0. The van der Waals surface area contributed by atoms with Gasteiger partial charge in [0.05, 0.1) is 4.47 Å². The Labute approximate surface area is 133 Å². The van der Waals surface area contributed by atoms with Crippen LogP contribution in [0.3, 0.4) is 0 Å². The summed E-state index contributed by atoms with van der Waals surface area (Å²) in [6.07, 6.45) is 3.89. The van der Waals surface area contributed by atoms with Gasteiger partial charge in [-0.3, -0.25) is 0 Å². The Morgan fingerprint density at radius 3 is 2.57 bits per heavy atom. The Balaban J connectivity index is 2.24. The third-order valence-electron chi connectivity index (χ3n) is 3.91. The molecular weight excluding hydrogens is 359 g/mol. The van der Waals surface area contributed by atoms with Gasteiger partial charge in [0, 0.05) is 18.8 Å². The summed E-state index contributed by atoms with van der Waals surface area (Å²) in [5, 5.41) is 0. The quantitative estimate of drug-likeness (QED) is 0.816. The number of rotatable bonds is 4. The molecular formula is C14H20BrFN2O2S. The molecule has 0 bridgehead atoms. The van der Waals surface area contributed by atoms with Crippen molar-refractivity contribution in [1.82, 2.24) is 4.31 Å². The molecule has 0 spiro atoms. The van der Waals surface area contributed by atoms with E-state index in [1.807, 2.05) is 0 Å². The van der Waals surface area contributed by atoms with E-state index in [-0.39, 0.29) is 15.1 Å². The van der Waals surface area contributed by atoms with E-state index in [0.29, 0.717) is 19.0 Å². The zero-order chi connectivity index (χ0) is 15.6. The van der Waals surface area contributed by atoms with Crippen LogP contribution in [-0.4, -0.2) is 25.8 Å². The second-order valence-electron chi connectivity index (χ2n) is 5.45. The number of benzene rings is 1. The molecule has 2 N–H and O–H groups in total. The number of halogens is 2. The van der Waals surface area contributed by atoms with Crippen LogP contribution in [0.25, 0.3) is 0 Å². The summed E-state index contributed by atoms with van der Waals surface area (Å²) in [4.78, 5) is -0.344. The van der Waals surface area contributed by atoms with E-state index in [0.717, 1.165) is 25.7 Å². The monoisotopic (exact) mass is 378 g/mol. The van der Waals surface area contributed by atoms with Crippen molar-refractivity contribution < 1.29 is 12.8 Å². The van der Waals surface area contributed by atoms with Crippen molar-refractivity contribution >= 4 is 31.6 Å². The molecule has 1 saturated heterocycles. The molecule has 0 radical (unpaired) electrons. The van der Waals surface area contributed by atoms with Crippen LogP contribution in [0.15, 0.2) is 21.5 Å². The second kappa shape index (κ2) is 6.62. The van der Waals surface area contributed by atoms with Crippen molar-refractivity contribution in [3.63, 3.8) is 0 Å². The van der Waals surface area contributed by atoms with E-state index in [1.165, 1.54) is 16.4 Å². The highest BCUT2D eigenvalue weighted by molar-refractivity contribution is 9.10. The number of nitrogens with zero attached hydrogens (tertiary/aromatic N) is 1. The molecule has 0 atom stereocenters. The van der Waals surface area contributed by atoms with Gasteiger partial charge < -0.3 is 5.73 Å². The summed E-state index contributed by atoms with van der Waals surface area (Å²) in [5.74, 6) is -0.209. The maximum atomic E-state index is 14.1. The molecule has 7 heteroatoms. The topological polar surface area (TPSA) is 63.4 Å². The van der Waals surface area contributed by atoms with Gasteiger partial charge in [0.25, 0.3) is 0 Å². The largest absolute Gasteiger partial charge is 0.399 e. The Kier molecular flexibility index (Phi) is 5.27. The first-order valence-electron chi connectivity index (χ1n) is 7.11. The molecule has 0 aliphatic carbocycles. The van der Waals surface area contributed by atoms with E-state index in [2.05, 4.69) is 22.9 Å². The Morgan fingerprint density at radius 1 is 1.38 bits per heavy atom. The van der Waals surface area contributed by atoms with Gasteiger partial charge >= 0.3 is 0 Å². The number of hydrogen-bond donors (Lipinski definition) is 1. The van der Waals surface area contributed by atoms with Crippen LogP contribution in [0, 0.1) is 11.7 Å². The first-order valence-corrected chi connectivity index (χ1v) is 9.34. The molecule has 0 saturated carbocycles. The number of piperidine rings is 1. The van der Waals surface area contributed by atoms with Crippen LogP contribution >= 0.6 is 15.9 Å². The van der Waals surface area contributed by atoms with E-state index in [1.54, 1.807) is 0 Å². The lowest BCUT2D eigenvalue weighted by Crippen LogP contribution is -2.38. The normalized spacial score (nSPS) is 18.0. The fourth-order valence-corrected chi connectivity index (χ4v) is 4.96. The summed E-state index contributed by atoms with van der Waals surface area (Å²) in [5.41, 5.74) is 5.86. The van der Waals surface area contributed by atoms with Crippen LogP contribution < -0.4 is 5.73 Å². The Morgan fingerprint density at radius 2 is 2.00 bits per heavy atom. The predicted molar refractivity (Wildman–Crippen MR) is 84.9 cm³/mol. The Bertz CT molecular complexity index is 614. The van der Waals surface area contributed by atoms with Crippen molar-refractivity contribution in [1.29, 1.82) is 0 Å². The minimum Gasteiger partial charge on any atom is -0.399 e. The van der Waals surface area contributed by atoms with E-state index in [4.69, 9.17) is 5.73 Å². The van der Waals surface area contributed by atoms with E-state index >= 15 is 0 Å². The molecule has 0 unspecified atom stereocenters. The molecule has 1 aliphatic rings. The number of anilines is 1. The van der Waals surface area contributed by atoms with Gasteiger partial charge in [-0.25, -0.2) is 12.8 Å². The highest BCUT2D eigenvalue weighted by atomic mass is 79.9. The molecule has 1 heterocycles. The molecule has 0 amide bonds. The number of nitrogen functional groups attached to an aromatic ring is 1. The van der Waals surface area contributed by atoms with E-state index < -0.39 is 15.8 Å². The highest BCUT2D eigenvalue weighted by Gasteiger charge is 2.32. The van der Waals surface area contributed by atoms with E-state index in [9.17, 15) is 12.8 Å². The van der Waals surface area contributed by atoms with Crippen molar-refractivity contribution in [3.8, 4) is 0 Å². The summed E-state index contributed by atoms with van der Waals surface area (Å²) in [7, 11) is -3.83. The fourth-order valence-electron chi connectivity index (χ4n) is 2.76. The molecule has 1 aromatic carbocycles. The van der Waals surface area contributed by atoms with Crippen molar-refractivity contribution in [3.05, 3.63) is 22.4 Å². The number of hydrogen-bond acceptors (Lipinski definition) is 3. The van der Waals surface area contributed by atoms with Crippen molar-refractivity contribution in [2.75, 3.05) is 18.8 Å². The van der Waals surface area contributed by atoms with Crippen molar-refractivity contribution in [2.45, 2.75) is 37.5 Å². The zero-order valence-corrected chi connectivity index (χ0v) is 14.4. The molecule has 0 aromatic heterocycles. The SMILES string of the molecule is CCCC1CCN(S(=O)(=O)c2cc(N)cc(Br)c2F)CC1. The second-order valence-corrected chi connectivity index (χ2v) is 8.21.